The van der Waals surface area contributed by atoms with E-state index in [0.29, 0.717) is 4.47 Å². The Morgan fingerprint density at radius 2 is 2.35 bits per heavy atom. The lowest BCUT2D eigenvalue weighted by Gasteiger charge is -2.40. The van der Waals surface area contributed by atoms with Gasteiger partial charge >= 0.3 is 0 Å². The fraction of sp³-hybridized carbons (Fsp3) is 0.583. The molecule has 0 radical (unpaired) electrons. The van der Waals surface area contributed by atoms with Crippen molar-refractivity contribution in [3.8, 4) is 0 Å². The van der Waals surface area contributed by atoms with Gasteiger partial charge in [0.2, 0.25) is 0 Å². The highest BCUT2D eigenvalue weighted by molar-refractivity contribution is 9.10. The van der Waals surface area contributed by atoms with Gasteiger partial charge in [-0.15, -0.1) is 0 Å². The van der Waals surface area contributed by atoms with Gasteiger partial charge in [-0.3, -0.25) is 4.79 Å². The van der Waals surface area contributed by atoms with Gasteiger partial charge in [-0.25, -0.2) is 0 Å². The van der Waals surface area contributed by atoms with Gasteiger partial charge in [0.25, 0.3) is 0 Å². The number of aliphatic hydroxyl groups is 1. The predicted octanol–water partition coefficient (Wildman–Crippen LogP) is 2.05. The number of pyridine rings is 1. The molecule has 1 aromatic heterocycles. The third-order valence-corrected chi connectivity index (χ3v) is 3.93. The molecule has 1 unspecified atom stereocenters. The molecule has 5 heteroatoms. The van der Waals surface area contributed by atoms with E-state index in [4.69, 9.17) is 9.84 Å². The molecule has 94 valence electrons. The number of hydrogen-bond acceptors (Lipinski definition) is 3. The van der Waals surface area contributed by atoms with Crippen LogP contribution in [0, 0.1) is 5.41 Å². The molecular weight excluding hydrogens is 286 g/mol. The molecule has 0 fully saturated rings. The number of halogens is 1. The number of aliphatic hydroxyl groups excluding tert-OH is 1. The van der Waals surface area contributed by atoms with Crippen molar-refractivity contribution < 1.29 is 9.84 Å². The summed E-state index contributed by atoms with van der Waals surface area (Å²) in [5, 5.41) is 8.98. The summed E-state index contributed by atoms with van der Waals surface area (Å²) in [5.41, 5.74) is 0.701. The van der Waals surface area contributed by atoms with Crippen LogP contribution in [0.15, 0.2) is 21.5 Å². The van der Waals surface area contributed by atoms with E-state index in [9.17, 15) is 4.79 Å². The maximum Gasteiger partial charge on any atom is 0.196 e. The number of hydrogen-bond donors (Lipinski definition) is 1. The zero-order chi connectivity index (χ0) is 12.6. The number of fused-ring (bicyclic) bond motifs is 1. The molecule has 0 amide bonds. The Morgan fingerprint density at radius 3 is 3.00 bits per heavy atom. The molecule has 0 aromatic carbocycles. The Balaban J connectivity index is 2.52. The summed E-state index contributed by atoms with van der Waals surface area (Å²) in [6.45, 7) is 4.69. The first-order chi connectivity index (χ1) is 7.95. The van der Waals surface area contributed by atoms with Gasteiger partial charge in [-0.05, 0) is 27.8 Å². The lowest BCUT2D eigenvalue weighted by Crippen LogP contribution is -2.35. The smallest absolute Gasteiger partial charge is 0.196 e. The Morgan fingerprint density at radius 1 is 1.65 bits per heavy atom. The van der Waals surface area contributed by atoms with Crippen LogP contribution >= 0.6 is 15.9 Å². The highest BCUT2D eigenvalue weighted by Crippen LogP contribution is 2.42. The number of aromatic nitrogens is 1. The van der Waals surface area contributed by atoms with Crippen LogP contribution in [-0.4, -0.2) is 16.5 Å². The minimum atomic E-state index is -0.335. The SMILES string of the molecule is CC1(C)CCn2cc(Br)c(=O)cc2C1OCO. The van der Waals surface area contributed by atoms with Crippen LogP contribution in [0.3, 0.4) is 0 Å². The first kappa shape index (κ1) is 12.8. The van der Waals surface area contributed by atoms with E-state index < -0.39 is 0 Å². The maximum absolute atomic E-state index is 11.7. The fourth-order valence-electron chi connectivity index (χ4n) is 2.31. The fourth-order valence-corrected chi connectivity index (χ4v) is 2.67. The Labute approximate surface area is 108 Å². The summed E-state index contributed by atoms with van der Waals surface area (Å²) < 4.78 is 7.97. The zero-order valence-corrected chi connectivity index (χ0v) is 11.5. The average Bonchev–Trinajstić information content (AvgIpc) is 2.26. The molecular formula is C12H16BrNO3. The molecule has 0 spiro atoms. The van der Waals surface area contributed by atoms with Crippen LogP contribution < -0.4 is 5.43 Å². The summed E-state index contributed by atoms with van der Waals surface area (Å²) in [6.07, 6.45) is 2.49. The van der Waals surface area contributed by atoms with E-state index in [1.165, 1.54) is 0 Å². The summed E-state index contributed by atoms with van der Waals surface area (Å²) in [4.78, 5) is 11.7. The third kappa shape index (κ3) is 2.32. The van der Waals surface area contributed by atoms with Crippen LogP contribution in [-0.2, 0) is 11.3 Å². The van der Waals surface area contributed by atoms with Crippen molar-refractivity contribution in [1.82, 2.24) is 4.57 Å². The number of rotatable bonds is 2. The quantitative estimate of drug-likeness (QED) is 0.851. The summed E-state index contributed by atoms with van der Waals surface area (Å²) in [6, 6.07) is 1.59. The van der Waals surface area contributed by atoms with Crippen LogP contribution in [0.2, 0.25) is 0 Å². The Kier molecular flexibility index (Phi) is 3.43. The Hall–Kier alpha value is -0.650. The van der Waals surface area contributed by atoms with Crippen LogP contribution in [0.1, 0.15) is 32.1 Å². The minimum absolute atomic E-state index is 0.0551. The van der Waals surface area contributed by atoms with E-state index in [-0.39, 0.29) is 23.7 Å². The predicted molar refractivity (Wildman–Crippen MR) is 67.7 cm³/mol. The molecule has 1 aliphatic heterocycles. The lowest BCUT2D eigenvalue weighted by molar-refractivity contribution is -0.112. The van der Waals surface area contributed by atoms with Crippen molar-refractivity contribution in [2.45, 2.75) is 32.9 Å². The van der Waals surface area contributed by atoms with Gasteiger partial charge in [0, 0.05) is 18.8 Å². The van der Waals surface area contributed by atoms with Crippen LogP contribution in [0.4, 0.5) is 0 Å². The number of nitrogens with zero attached hydrogens (tertiary/aromatic N) is 1. The van der Waals surface area contributed by atoms with Gasteiger partial charge in [0.1, 0.15) is 12.9 Å². The monoisotopic (exact) mass is 301 g/mol. The molecule has 2 heterocycles. The van der Waals surface area contributed by atoms with Gasteiger partial charge < -0.3 is 14.4 Å². The van der Waals surface area contributed by atoms with Crippen LogP contribution in [0.25, 0.3) is 0 Å². The second-order valence-corrected chi connectivity index (χ2v) is 5.87. The molecule has 0 bridgehead atoms. The van der Waals surface area contributed by atoms with Gasteiger partial charge in [0.15, 0.2) is 5.43 Å². The van der Waals surface area contributed by atoms with Gasteiger partial charge in [0.05, 0.1) is 10.2 Å². The molecule has 1 atom stereocenters. The van der Waals surface area contributed by atoms with Crippen LogP contribution in [0.5, 0.6) is 0 Å². The maximum atomic E-state index is 11.7. The normalized spacial score (nSPS) is 22.2. The van der Waals surface area contributed by atoms with Gasteiger partial charge in [-0.2, -0.15) is 0 Å². The van der Waals surface area contributed by atoms with Crippen molar-refractivity contribution in [2.24, 2.45) is 5.41 Å². The highest BCUT2D eigenvalue weighted by Gasteiger charge is 2.37. The number of ether oxygens (including phenoxy) is 1. The third-order valence-electron chi connectivity index (χ3n) is 3.33. The molecule has 0 saturated carbocycles. The molecule has 0 aliphatic carbocycles. The molecule has 0 saturated heterocycles. The van der Waals surface area contributed by atoms with Crippen molar-refractivity contribution in [3.05, 3.63) is 32.7 Å². The first-order valence-corrected chi connectivity index (χ1v) is 6.37. The highest BCUT2D eigenvalue weighted by atomic mass is 79.9. The first-order valence-electron chi connectivity index (χ1n) is 5.58. The molecule has 1 N–H and O–H groups in total. The molecule has 1 aromatic rings. The largest absolute Gasteiger partial charge is 0.371 e. The average molecular weight is 302 g/mol. The lowest BCUT2D eigenvalue weighted by atomic mass is 9.79. The van der Waals surface area contributed by atoms with Crippen molar-refractivity contribution in [1.29, 1.82) is 0 Å². The summed E-state index contributed by atoms with van der Waals surface area (Å²) >= 11 is 3.24. The van der Waals surface area contributed by atoms with E-state index >= 15 is 0 Å². The summed E-state index contributed by atoms with van der Waals surface area (Å²) in [5.74, 6) is 0. The second-order valence-electron chi connectivity index (χ2n) is 5.02. The van der Waals surface area contributed by atoms with Gasteiger partial charge in [-0.1, -0.05) is 13.8 Å². The zero-order valence-electron chi connectivity index (χ0n) is 9.94. The number of aryl methyl sites for hydroxylation is 1. The molecule has 4 nitrogen and oxygen atoms in total. The molecule has 17 heavy (non-hydrogen) atoms. The van der Waals surface area contributed by atoms with E-state index in [0.717, 1.165) is 18.7 Å². The van der Waals surface area contributed by atoms with Crippen molar-refractivity contribution >= 4 is 15.9 Å². The van der Waals surface area contributed by atoms with Crippen molar-refractivity contribution in [3.63, 3.8) is 0 Å². The summed E-state index contributed by atoms with van der Waals surface area (Å²) in [7, 11) is 0. The molecule has 1 aliphatic rings. The standard InChI is InChI=1S/C12H16BrNO3/c1-12(2)3-4-14-6-8(13)10(16)5-9(14)11(12)17-7-15/h5-6,11,15H,3-4,7H2,1-2H3. The van der Waals surface area contributed by atoms with E-state index in [1.54, 1.807) is 12.3 Å². The second kappa shape index (κ2) is 4.55. The minimum Gasteiger partial charge on any atom is -0.371 e. The topological polar surface area (TPSA) is 51.5 Å². The van der Waals surface area contributed by atoms with E-state index in [1.807, 2.05) is 4.57 Å². The van der Waals surface area contributed by atoms with E-state index in [2.05, 4.69) is 29.8 Å². The van der Waals surface area contributed by atoms with Crippen molar-refractivity contribution in [2.75, 3.05) is 6.79 Å². The Bertz CT molecular complexity index is 481. The molecule has 2 rings (SSSR count).